The van der Waals surface area contributed by atoms with E-state index in [1.807, 2.05) is 6.92 Å². The van der Waals surface area contributed by atoms with Crippen LogP contribution in [-0.4, -0.2) is 33.5 Å². The number of carbonyl (C=O) groups is 2. The van der Waals surface area contributed by atoms with Crippen molar-refractivity contribution in [2.24, 2.45) is 0 Å². The Balaban J connectivity index is 2.50. The van der Waals surface area contributed by atoms with Gasteiger partial charge in [0.05, 0.1) is 24.2 Å². The van der Waals surface area contributed by atoms with Gasteiger partial charge in [0, 0.05) is 11.3 Å². The lowest BCUT2D eigenvalue weighted by atomic mass is 10.2. The molecule has 0 aliphatic heterocycles. The molecule has 0 atom stereocenters. The highest BCUT2D eigenvalue weighted by atomic mass is 16.5. The fraction of sp³-hybridized carbons (Fsp3) is 0.333. The Bertz CT molecular complexity index is 604. The molecule has 2 aromatic heterocycles. The first-order chi connectivity index (χ1) is 8.67. The minimum absolute atomic E-state index is 0.0319. The highest BCUT2D eigenvalue weighted by Crippen LogP contribution is 2.17. The van der Waals surface area contributed by atoms with Gasteiger partial charge in [0.2, 0.25) is 0 Å². The Kier molecular flexibility index (Phi) is 3.36. The summed E-state index contributed by atoms with van der Waals surface area (Å²) in [6.45, 7) is 3.90. The number of ether oxygens (including phenoxy) is 1. The summed E-state index contributed by atoms with van der Waals surface area (Å²) < 4.78 is 6.48. The van der Waals surface area contributed by atoms with E-state index in [-0.39, 0.29) is 12.4 Å². The van der Waals surface area contributed by atoms with Gasteiger partial charge >= 0.3 is 5.97 Å². The predicted molar refractivity (Wildman–Crippen MR) is 63.4 cm³/mol. The lowest BCUT2D eigenvalue weighted by molar-refractivity contribution is -0.142. The van der Waals surface area contributed by atoms with E-state index in [1.165, 1.54) is 6.33 Å². The summed E-state index contributed by atoms with van der Waals surface area (Å²) in [6, 6.07) is 1.71. The third-order valence-electron chi connectivity index (χ3n) is 2.58. The summed E-state index contributed by atoms with van der Waals surface area (Å²) in [5.41, 5.74) is 2.36. The lowest BCUT2D eigenvalue weighted by Crippen LogP contribution is -2.11. The smallest absolute Gasteiger partial charge is 0.311 e. The van der Waals surface area contributed by atoms with Gasteiger partial charge in [-0.1, -0.05) is 0 Å². The molecule has 0 aliphatic rings. The van der Waals surface area contributed by atoms with E-state index in [9.17, 15) is 9.59 Å². The number of aldehydes is 1. The molecule has 2 aromatic rings. The van der Waals surface area contributed by atoms with E-state index in [4.69, 9.17) is 4.74 Å². The van der Waals surface area contributed by atoms with E-state index in [2.05, 4.69) is 10.1 Å². The molecule has 6 heteroatoms. The van der Waals surface area contributed by atoms with Gasteiger partial charge < -0.3 is 4.74 Å². The van der Waals surface area contributed by atoms with Crippen molar-refractivity contribution >= 4 is 17.8 Å². The van der Waals surface area contributed by atoms with Crippen molar-refractivity contribution in [2.75, 3.05) is 6.61 Å². The molecule has 0 saturated carbocycles. The van der Waals surface area contributed by atoms with E-state index >= 15 is 0 Å². The van der Waals surface area contributed by atoms with Crippen molar-refractivity contribution in [2.45, 2.75) is 20.3 Å². The molecule has 0 bridgehead atoms. The van der Waals surface area contributed by atoms with Crippen LogP contribution in [0.2, 0.25) is 0 Å². The summed E-state index contributed by atoms with van der Waals surface area (Å²) in [5.74, 6) is -0.367. The highest BCUT2D eigenvalue weighted by molar-refractivity contribution is 5.89. The predicted octanol–water partition coefficient (Wildman–Crippen LogP) is 0.956. The first kappa shape index (κ1) is 12.2. The van der Waals surface area contributed by atoms with Gasteiger partial charge in [-0.05, 0) is 19.9 Å². The molecule has 0 radical (unpaired) electrons. The molecule has 0 unspecified atom stereocenters. The second-order valence-electron chi connectivity index (χ2n) is 3.81. The second kappa shape index (κ2) is 4.95. The van der Waals surface area contributed by atoms with Crippen molar-refractivity contribution in [3.63, 3.8) is 0 Å². The maximum atomic E-state index is 11.5. The molecule has 0 spiro atoms. The van der Waals surface area contributed by atoms with Gasteiger partial charge in [0.25, 0.3) is 0 Å². The Morgan fingerprint density at radius 2 is 2.33 bits per heavy atom. The topological polar surface area (TPSA) is 73.6 Å². The maximum Gasteiger partial charge on any atom is 0.311 e. The zero-order valence-electron chi connectivity index (χ0n) is 10.2. The van der Waals surface area contributed by atoms with E-state index in [0.717, 1.165) is 12.0 Å². The largest absolute Gasteiger partial charge is 0.466 e. The third kappa shape index (κ3) is 2.09. The first-order valence-electron chi connectivity index (χ1n) is 5.60. The van der Waals surface area contributed by atoms with Crippen LogP contribution in [-0.2, 0) is 16.0 Å². The van der Waals surface area contributed by atoms with Crippen LogP contribution in [0.5, 0.6) is 0 Å². The molecule has 18 heavy (non-hydrogen) atoms. The summed E-state index contributed by atoms with van der Waals surface area (Å²) in [5, 5.41) is 4.06. The molecule has 6 nitrogen and oxygen atoms in total. The van der Waals surface area contributed by atoms with Gasteiger partial charge in [0.15, 0.2) is 6.29 Å². The molecule has 94 valence electrons. The number of fused-ring (bicyclic) bond motifs is 1. The average molecular weight is 247 g/mol. The van der Waals surface area contributed by atoms with Crippen molar-refractivity contribution in [3.05, 3.63) is 29.3 Å². The summed E-state index contributed by atoms with van der Waals surface area (Å²) in [4.78, 5) is 26.6. The van der Waals surface area contributed by atoms with E-state index < -0.39 is 0 Å². The van der Waals surface area contributed by atoms with E-state index in [1.54, 1.807) is 17.5 Å². The van der Waals surface area contributed by atoms with Crippen molar-refractivity contribution < 1.29 is 14.3 Å². The van der Waals surface area contributed by atoms with Crippen LogP contribution in [0.3, 0.4) is 0 Å². The SMILES string of the molecule is CCOC(=O)Cc1ncnn2c(C)cc(C=O)c12. The Morgan fingerprint density at radius 1 is 1.56 bits per heavy atom. The lowest BCUT2D eigenvalue weighted by Gasteiger charge is -2.04. The molecule has 0 amide bonds. The van der Waals surface area contributed by atoms with Gasteiger partial charge in [0.1, 0.15) is 6.33 Å². The molecule has 0 aromatic carbocycles. The molecule has 0 fully saturated rings. The van der Waals surface area contributed by atoms with Gasteiger partial charge in [-0.2, -0.15) is 5.10 Å². The van der Waals surface area contributed by atoms with Crippen LogP contribution < -0.4 is 0 Å². The van der Waals surface area contributed by atoms with Crippen LogP contribution in [0.15, 0.2) is 12.4 Å². The molecule has 0 saturated heterocycles. The molecule has 0 N–H and O–H groups in total. The molecular formula is C12H13N3O3. The van der Waals surface area contributed by atoms with Crippen LogP contribution >= 0.6 is 0 Å². The summed E-state index contributed by atoms with van der Waals surface area (Å²) in [6.07, 6.45) is 2.13. The Hall–Kier alpha value is -2.24. The number of carbonyl (C=O) groups excluding carboxylic acids is 2. The molecule has 0 aliphatic carbocycles. The molecular weight excluding hydrogens is 234 g/mol. The minimum atomic E-state index is -0.367. The Labute approximate surface area is 104 Å². The van der Waals surface area contributed by atoms with Crippen LogP contribution in [0.1, 0.15) is 28.7 Å². The summed E-state index contributed by atoms with van der Waals surface area (Å²) in [7, 11) is 0. The monoisotopic (exact) mass is 247 g/mol. The highest BCUT2D eigenvalue weighted by Gasteiger charge is 2.15. The van der Waals surface area contributed by atoms with E-state index in [0.29, 0.717) is 23.4 Å². The molecule has 2 heterocycles. The maximum absolute atomic E-state index is 11.5. The second-order valence-corrected chi connectivity index (χ2v) is 3.81. The summed E-state index contributed by atoms with van der Waals surface area (Å²) >= 11 is 0. The van der Waals surface area contributed by atoms with Gasteiger partial charge in [-0.15, -0.1) is 0 Å². The number of aryl methyl sites for hydroxylation is 1. The number of nitrogens with zero attached hydrogens (tertiary/aromatic N) is 3. The number of hydrogen-bond donors (Lipinski definition) is 0. The fourth-order valence-corrected chi connectivity index (χ4v) is 1.87. The van der Waals surface area contributed by atoms with Crippen LogP contribution in [0, 0.1) is 6.92 Å². The van der Waals surface area contributed by atoms with Gasteiger partial charge in [-0.25, -0.2) is 9.50 Å². The van der Waals surface area contributed by atoms with Crippen LogP contribution in [0.4, 0.5) is 0 Å². The number of rotatable bonds is 4. The van der Waals surface area contributed by atoms with Crippen molar-refractivity contribution in [1.82, 2.24) is 14.6 Å². The zero-order valence-corrected chi connectivity index (χ0v) is 10.2. The minimum Gasteiger partial charge on any atom is -0.466 e. The standard InChI is InChI=1S/C12H13N3O3/c1-3-18-11(17)5-10-12-9(6-16)4-8(2)15(12)14-7-13-10/h4,6-7H,3,5H2,1-2H3. The third-order valence-corrected chi connectivity index (χ3v) is 2.58. The van der Waals surface area contributed by atoms with Crippen molar-refractivity contribution in [3.8, 4) is 0 Å². The fourth-order valence-electron chi connectivity index (χ4n) is 1.87. The normalized spacial score (nSPS) is 10.6. The first-order valence-corrected chi connectivity index (χ1v) is 5.60. The van der Waals surface area contributed by atoms with Gasteiger partial charge in [-0.3, -0.25) is 9.59 Å². The van der Waals surface area contributed by atoms with Crippen molar-refractivity contribution in [1.29, 1.82) is 0 Å². The Morgan fingerprint density at radius 3 is 3.00 bits per heavy atom. The zero-order chi connectivity index (χ0) is 13.1. The molecule has 2 rings (SSSR count). The average Bonchev–Trinajstić information content (AvgIpc) is 2.68. The number of aromatic nitrogens is 3. The number of esters is 1. The van der Waals surface area contributed by atoms with Crippen LogP contribution in [0.25, 0.3) is 5.52 Å². The quantitative estimate of drug-likeness (QED) is 0.594. The number of hydrogen-bond acceptors (Lipinski definition) is 5.